The fraction of sp³-hybridized carbons (Fsp3) is 0.222. The van der Waals surface area contributed by atoms with Gasteiger partial charge in [-0.1, -0.05) is 47.3 Å². The summed E-state index contributed by atoms with van der Waals surface area (Å²) in [5.41, 5.74) is 1.11. The Morgan fingerprint density at radius 1 is 1.13 bits per heavy atom. The lowest BCUT2D eigenvalue weighted by Gasteiger charge is -2.20. The number of aromatic nitrogens is 5. The van der Waals surface area contributed by atoms with E-state index in [-0.39, 0.29) is 33.4 Å². The molecular weight excluding hydrogens is 516 g/mol. The fourth-order valence-corrected chi connectivity index (χ4v) is 5.37. The van der Waals surface area contributed by atoms with Crippen molar-refractivity contribution in [2.45, 2.75) is 23.6 Å². The first-order valence-electron chi connectivity index (χ1n) is 12.3. The number of H-pyrrole nitrogens is 2. The molecule has 5 rings (SSSR count). The van der Waals surface area contributed by atoms with Crippen molar-refractivity contribution in [1.29, 1.82) is 5.26 Å². The number of anilines is 1. The van der Waals surface area contributed by atoms with Crippen LogP contribution in [0.3, 0.4) is 0 Å². The fourth-order valence-electron chi connectivity index (χ4n) is 4.52. The van der Waals surface area contributed by atoms with Crippen LogP contribution in [0.15, 0.2) is 64.4 Å². The summed E-state index contributed by atoms with van der Waals surface area (Å²) in [4.78, 5) is 46.2. The van der Waals surface area contributed by atoms with Gasteiger partial charge in [-0.2, -0.15) is 10.5 Å². The summed E-state index contributed by atoms with van der Waals surface area (Å²) >= 11 is 1.15. The number of carbonyl (C=O) groups is 2. The zero-order chi connectivity index (χ0) is 27.4. The van der Waals surface area contributed by atoms with E-state index in [0.29, 0.717) is 35.7 Å². The molecule has 39 heavy (non-hydrogen) atoms. The number of carbonyl (C=O) groups excluding carboxylic acids is 2. The molecule has 0 radical (unpaired) electrons. The van der Waals surface area contributed by atoms with Crippen molar-refractivity contribution in [3.05, 3.63) is 87.5 Å². The average molecular weight is 541 g/mol. The largest absolute Gasteiger partial charge is 0.338 e. The van der Waals surface area contributed by atoms with Gasteiger partial charge in [-0.05, 0) is 42.7 Å². The number of nitriles is 1. The number of thioether (sulfide) groups is 1. The molecule has 0 unspecified atom stereocenters. The molecule has 0 aliphatic carbocycles. The molecule has 0 atom stereocenters. The van der Waals surface area contributed by atoms with Crippen LogP contribution >= 0.6 is 11.8 Å². The van der Waals surface area contributed by atoms with Crippen LogP contribution in [0.4, 0.5) is 5.69 Å². The van der Waals surface area contributed by atoms with Crippen molar-refractivity contribution in [2.24, 2.45) is 0 Å². The molecule has 12 heteroatoms. The second kappa shape index (κ2) is 11.3. The summed E-state index contributed by atoms with van der Waals surface area (Å²) in [5, 5.41) is 24.3. The third-order valence-electron chi connectivity index (χ3n) is 6.48. The molecule has 0 saturated carbocycles. The van der Waals surface area contributed by atoms with E-state index in [9.17, 15) is 19.6 Å². The number of amides is 2. The normalized spacial score (nSPS) is 12.8. The molecule has 1 saturated heterocycles. The van der Waals surface area contributed by atoms with Crippen molar-refractivity contribution in [3.8, 4) is 17.2 Å². The molecular formula is C27H24N8O3S. The highest BCUT2D eigenvalue weighted by Gasteiger charge is 2.29. The highest BCUT2D eigenvalue weighted by molar-refractivity contribution is 7.98. The first-order chi connectivity index (χ1) is 19.0. The van der Waals surface area contributed by atoms with Crippen LogP contribution in [0.2, 0.25) is 0 Å². The highest BCUT2D eigenvalue weighted by Crippen LogP contribution is 2.34. The standard InChI is InChI=1S/C27H24N8O3S/c1-34(19-10-3-2-4-11-19)26(37)18-9-7-8-17(14-18)22-20(15-28)25(39-16-21-30-32-33-31-21)29-24(36)23(22)27(38)35-12-5-6-13-35/h2-4,7-11,14H,5-6,12-13,16H2,1H3,(H,29,36)(H,30,31,32,33). The Balaban J connectivity index is 1.62. The Morgan fingerprint density at radius 3 is 2.59 bits per heavy atom. The minimum Gasteiger partial charge on any atom is -0.338 e. The van der Waals surface area contributed by atoms with Crippen LogP contribution in [0, 0.1) is 11.3 Å². The van der Waals surface area contributed by atoms with E-state index >= 15 is 0 Å². The number of hydrogen-bond acceptors (Lipinski definition) is 8. The van der Waals surface area contributed by atoms with Gasteiger partial charge in [0.05, 0.1) is 16.3 Å². The van der Waals surface area contributed by atoms with Gasteiger partial charge in [0.25, 0.3) is 17.4 Å². The maximum atomic E-state index is 13.6. The minimum atomic E-state index is -0.602. The quantitative estimate of drug-likeness (QED) is 0.339. The molecule has 0 spiro atoms. The number of para-hydroxylation sites is 1. The van der Waals surface area contributed by atoms with Crippen LogP contribution < -0.4 is 10.5 Å². The summed E-state index contributed by atoms with van der Waals surface area (Å²) < 4.78 is 0. The van der Waals surface area contributed by atoms with Crippen LogP contribution in [0.5, 0.6) is 0 Å². The first kappa shape index (κ1) is 25.9. The smallest absolute Gasteiger partial charge is 0.262 e. The van der Waals surface area contributed by atoms with Gasteiger partial charge in [-0.25, -0.2) is 0 Å². The van der Waals surface area contributed by atoms with E-state index < -0.39 is 11.5 Å². The Hall–Kier alpha value is -4.76. The lowest BCUT2D eigenvalue weighted by molar-refractivity contribution is 0.0791. The molecule has 2 aromatic carbocycles. The lowest BCUT2D eigenvalue weighted by Crippen LogP contribution is -2.34. The first-order valence-corrected chi connectivity index (χ1v) is 13.2. The number of nitrogens with one attached hydrogen (secondary N) is 2. The molecule has 2 aromatic heterocycles. The van der Waals surface area contributed by atoms with Gasteiger partial charge < -0.3 is 14.8 Å². The third kappa shape index (κ3) is 5.30. The van der Waals surface area contributed by atoms with Crippen LogP contribution in [-0.4, -0.2) is 62.5 Å². The van der Waals surface area contributed by atoms with E-state index in [1.54, 1.807) is 36.2 Å². The van der Waals surface area contributed by atoms with Gasteiger partial charge in [-0.3, -0.25) is 14.4 Å². The highest BCUT2D eigenvalue weighted by atomic mass is 32.2. The van der Waals surface area contributed by atoms with Gasteiger partial charge in [0.1, 0.15) is 11.6 Å². The van der Waals surface area contributed by atoms with E-state index in [1.165, 1.54) is 4.90 Å². The maximum Gasteiger partial charge on any atom is 0.262 e. The van der Waals surface area contributed by atoms with Crippen molar-refractivity contribution in [3.63, 3.8) is 0 Å². The molecule has 2 amide bonds. The molecule has 4 aromatic rings. The van der Waals surface area contributed by atoms with Crippen molar-refractivity contribution in [1.82, 2.24) is 30.5 Å². The maximum absolute atomic E-state index is 13.6. The summed E-state index contributed by atoms with van der Waals surface area (Å²) in [6.07, 6.45) is 1.69. The second-order valence-corrected chi connectivity index (χ2v) is 9.90. The van der Waals surface area contributed by atoms with Crippen LogP contribution in [-0.2, 0) is 5.75 Å². The van der Waals surface area contributed by atoms with Crippen molar-refractivity contribution in [2.75, 3.05) is 25.0 Å². The molecule has 1 fully saturated rings. The van der Waals surface area contributed by atoms with Crippen molar-refractivity contribution < 1.29 is 9.59 Å². The molecule has 2 N–H and O–H groups in total. The molecule has 196 valence electrons. The summed E-state index contributed by atoms with van der Waals surface area (Å²) in [6.45, 7) is 1.07. The number of benzene rings is 2. The summed E-state index contributed by atoms with van der Waals surface area (Å²) in [7, 11) is 1.67. The molecule has 3 heterocycles. The number of aromatic amines is 2. The van der Waals surface area contributed by atoms with Gasteiger partial charge in [0.2, 0.25) is 0 Å². The zero-order valence-corrected chi connectivity index (χ0v) is 21.9. The Labute approximate surface area is 227 Å². The number of nitrogens with zero attached hydrogens (tertiary/aromatic N) is 6. The Kier molecular flexibility index (Phi) is 7.51. The summed E-state index contributed by atoms with van der Waals surface area (Å²) in [5.74, 6) is -0.0842. The topological polar surface area (TPSA) is 152 Å². The number of likely N-dealkylation sites (tertiary alicyclic amines) is 1. The predicted octanol–water partition coefficient (Wildman–Crippen LogP) is 3.23. The van der Waals surface area contributed by atoms with E-state index in [0.717, 1.165) is 24.6 Å². The number of hydrogen-bond donors (Lipinski definition) is 2. The van der Waals surface area contributed by atoms with Gasteiger partial charge in [0.15, 0.2) is 5.82 Å². The van der Waals surface area contributed by atoms with E-state index in [1.807, 2.05) is 30.3 Å². The summed E-state index contributed by atoms with van der Waals surface area (Å²) in [6, 6.07) is 18.0. The Bertz CT molecular complexity index is 1610. The van der Waals surface area contributed by atoms with Crippen LogP contribution in [0.1, 0.15) is 44.9 Å². The molecule has 1 aliphatic rings. The lowest BCUT2D eigenvalue weighted by atomic mass is 9.94. The average Bonchev–Trinajstić information content (AvgIpc) is 3.70. The molecule has 1 aliphatic heterocycles. The number of tetrazole rings is 1. The molecule has 11 nitrogen and oxygen atoms in total. The SMILES string of the molecule is CN(C(=O)c1cccc(-c2c(C#N)c(SCc3nn[nH]n3)[nH]c(=O)c2C(=O)N2CCCC2)c1)c1ccccc1. The number of rotatable bonds is 7. The predicted molar refractivity (Wildman–Crippen MR) is 145 cm³/mol. The van der Waals surface area contributed by atoms with Crippen molar-refractivity contribution >= 4 is 29.3 Å². The van der Waals surface area contributed by atoms with E-state index in [4.69, 9.17) is 0 Å². The zero-order valence-electron chi connectivity index (χ0n) is 21.0. The van der Waals surface area contributed by atoms with Gasteiger partial charge in [-0.15, -0.1) is 10.2 Å². The third-order valence-corrected chi connectivity index (χ3v) is 7.48. The van der Waals surface area contributed by atoms with Crippen LogP contribution in [0.25, 0.3) is 11.1 Å². The van der Waals surface area contributed by atoms with Gasteiger partial charge >= 0.3 is 0 Å². The Morgan fingerprint density at radius 2 is 1.90 bits per heavy atom. The monoisotopic (exact) mass is 540 g/mol. The molecule has 0 bridgehead atoms. The second-order valence-electron chi connectivity index (χ2n) is 8.92. The van der Waals surface area contributed by atoms with E-state index in [2.05, 4.69) is 31.7 Å². The van der Waals surface area contributed by atoms with Gasteiger partial charge in [0, 0.05) is 37.0 Å². The minimum absolute atomic E-state index is 0.113. The number of pyridine rings is 1.